The molecule has 0 aliphatic carbocycles. The van der Waals surface area contributed by atoms with Crippen molar-refractivity contribution < 1.29 is 23.2 Å². The van der Waals surface area contributed by atoms with Crippen molar-refractivity contribution in [3.63, 3.8) is 0 Å². The molecule has 0 unspecified atom stereocenters. The molecule has 0 radical (unpaired) electrons. The van der Waals surface area contributed by atoms with E-state index in [1.165, 1.54) is 30.3 Å². The zero-order valence-electron chi connectivity index (χ0n) is 15.1. The first-order valence-electron chi connectivity index (χ1n) is 8.79. The summed E-state index contributed by atoms with van der Waals surface area (Å²) < 4.78 is 18.5. The number of fused-ring (bicyclic) bond motifs is 1. The summed E-state index contributed by atoms with van der Waals surface area (Å²) in [5, 5.41) is 3.05. The molecule has 0 bridgehead atoms. The van der Waals surface area contributed by atoms with Crippen LogP contribution < -0.4 is 5.32 Å². The van der Waals surface area contributed by atoms with Crippen molar-refractivity contribution in [1.82, 2.24) is 10.2 Å². The lowest BCUT2D eigenvalue weighted by Gasteiger charge is -2.12. The van der Waals surface area contributed by atoms with E-state index in [-0.39, 0.29) is 29.6 Å². The number of thioether (sulfide) groups is 1. The Morgan fingerprint density at radius 2 is 1.90 bits per heavy atom. The van der Waals surface area contributed by atoms with E-state index >= 15 is 0 Å². The van der Waals surface area contributed by atoms with Crippen LogP contribution in [0.25, 0.3) is 17.0 Å². The predicted octanol–water partition coefficient (Wildman–Crippen LogP) is 4.04. The van der Waals surface area contributed by atoms with Gasteiger partial charge in [-0.3, -0.25) is 19.3 Å². The van der Waals surface area contributed by atoms with Gasteiger partial charge in [-0.05, 0) is 47.7 Å². The van der Waals surface area contributed by atoms with Crippen molar-refractivity contribution in [2.75, 3.05) is 13.1 Å². The van der Waals surface area contributed by atoms with Crippen LogP contribution in [0.2, 0.25) is 0 Å². The van der Waals surface area contributed by atoms with Crippen LogP contribution in [0.15, 0.2) is 63.9 Å². The number of carbonyl (C=O) groups is 3. The molecular weight excluding hydrogens is 395 g/mol. The molecule has 1 aromatic heterocycles. The van der Waals surface area contributed by atoms with E-state index < -0.39 is 17.1 Å². The molecule has 6 nitrogen and oxygen atoms in total. The van der Waals surface area contributed by atoms with E-state index in [0.29, 0.717) is 11.1 Å². The topological polar surface area (TPSA) is 79.6 Å². The fourth-order valence-corrected chi connectivity index (χ4v) is 3.73. The Morgan fingerprint density at radius 3 is 2.66 bits per heavy atom. The van der Waals surface area contributed by atoms with Gasteiger partial charge in [0, 0.05) is 18.5 Å². The van der Waals surface area contributed by atoms with Gasteiger partial charge in [0.1, 0.15) is 11.4 Å². The molecule has 1 N–H and O–H groups in total. The fraction of sp³-hybridized carbons (Fsp3) is 0.0952. The number of rotatable bonds is 5. The van der Waals surface area contributed by atoms with Crippen molar-refractivity contribution in [2.24, 2.45) is 0 Å². The summed E-state index contributed by atoms with van der Waals surface area (Å²) in [6.45, 7) is 0.134. The Labute approximate surface area is 169 Å². The van der Waals surface area contributed by atoms with Gasteiger partial charge in [0.2, 0.25) is 0 Å². The summed E-state index contributed by atoms with van der Waals surface area (Å²) in [5.41, 5.74) is 1.23. The molecular formula is C21H15FN2O4S. The van der Waals surface area contributed by atoms with Gasteiger partial charge in [0.05, 0.1) is 4.91 Å². The number of hydrogen-bond donors (Lipinski definition) is 1. The summed E-state index contributed by atoms with van der Waals surface area (Å²) >= 11 is 0.813. The van der Waals surface area contributed by atoms with Gasteiger partial charge in [-0.25, -0.2) is 4.39 Å². The SMILES string of the molecule is O=C(NCCN1C(=O)S/C(=C/c2ccc(F)cc2)C1=O)c1cc2ccccc2o1. The predicted molar refractivity (Wildman–Crippen MR) is 108 cm³/mol. The summed E-state index contributed by atoms with van der Waals surface area (Å²) in [6, 6.07) is 14.5. The number of nitrogens with one attached hydrogen (secondary N) is 1. The maximum absolute atomic E-state index is 13.0. The highest BCUT2D eigenvalue weighted by atomic mass is 32.2. The van der Waals surface area contributed by atoms with Crippen LogP contribution in [0.3, 0.4) is 0 Å². The first-order chi connectivity index (χ1) is 14.0. The summed E-state index contributed by atoms with van der Waals surface area (Å²) in [5.74, 6) is -1.08. The lowest BCUT2D eigenvalue weighted by Crippen LogP contribution is -2.37. The van der Waals surface area contributed by atoms with Gasteiger partial charge in [-0.15, -0.1) is 0 Å². The number of nitrogens with zero attached hydrogens (tertiary/aromatic N) is 1. The van der Waals surface area contributed by atoms with Crippen molar-refractivity contribution in [2.45, 2.75) is 0 Å². The average molecular weight is 410 g/mol. The van der Waals surface area contributed by atoms with Crippen LogP contribution in [0.1, 0.15) is 16.1 Å². The Kier molecular flexibility index (Phi) is 5.18. The van der Waals surface area contributed by atoms with E-state index in [1.54, 1.807) is 12.1 Å². The molecule has 3 aromatic rings. The van der Waals surface area contributed by atoms with Crippen molar-refractivity contribution in [1.29, 1.82) is 0 Å². The maximum Gasteiger partial charge on any atom is 0.293 e. The summed E-state index contributed by atoms with van der Waals surface area (Å²) in [6.07, 6.45) is 1.54. The number of amides is 3. The average Bonchev–Trinajstić information content (AvgIpc) is 3.26. The number of carbonyl (C=O) groups excluding carboxylic acids is 3. The Bertz CT molecular complexity index is 1100. The third-order valence-electron chi connectivity index (χ3n) is 4.31. The highest BCUT2D eigenvalue weighted by Gasteiger charge is 2.34. The second-order valence-corrected chi connectivity index (χ2v) is 7.28. The Morgan fingerprint density at radius 1 is 1.14 bits per heavy atom. The van der Waals surface area contributed by atoms with Gasteiger partial charge in [0.25, 0.3) is 17.1 Å². The molecule has 3 amide bonds. The molecule has 1 fully saturated rings. The van der Waals surface area contributed by atoms with Gasteiger partial charge in [0.15, 0.2) is 5.76 Å². The highest BCUT2D eigenvalue weighted by Crippen LogP contribution is 2.31. The Balaban J connectivity index is 1.36. The van der Waals surface area contributed by atoms with Gasteiger partial charge < -0.3 is 9.73 Å². The number of furan rings is 1. The molecule has 29 heavy (non-hydrogen) atoms. The number of imide groups is 1. The fourth-order valence-electron chi connectivity index (χ4n) is 2.87. The molecule has 1 aliphatic heterocycles. The summed E-state index contributed by atoms with van der Waals surface area (Å²) in [4.78, 5) is 38.2. The highest BCUT2D eigenvalue weighted by molar-refractivity contribution is 8.18. The zero-order valence-corrected chi connectivity index (χ0v) is 15.9. The number of benzene rings is 2. The summed E-state index contributed by atoms with van der Waals surface area (Å²) in [7, 11) is 0. The second-order valence-electron chi connectivity index (χ2n) is 6.29. The van der Waals surface area contributed by atoms with Crippen LogP contribution >= 0.6 is 11.8 Å². The van der Waals surface area contributed by atoms with E-state index in [0.717, 1.165) is 22.0 Å². The molecule has 146 valence electrons. The molecule has 0 saturated carbocycles. The molecule has 1 saturated heterocycles. The minimum atomic E-state index is -0.442. The molecule has 1 aliphatic rings. The number of para-hydroxylation sites is 1. The normalized spacial score (nSPS) is 15.5. The van der Waals surface area contributed by atoms with Crippen LogP contribution in [-0.4, -0.2) is 35.0 Å². The minimum absolute atomic E-state index is 0.0391. The second kappa shape index (κ2) is 7.92. The molecule has 0 spiro atoms. The maximum atomic E-state index is 13.0. The minimum Gasteiger partial charge on any atom is -0.451 e. The van der Waals surface area contributed by atoms with E-state index in [1.807, 2.05) is 18.2 Å². The first-order valence-corrected chi connectivity index (χ1v) is 9.60. The van der Waals surface area contributed by atoms with Crippen LogP contribution in [0, 0.1) is 5.82 Å². The quantitative estimate of drug-likeness (QED) is 0.642. The molecule has 2 aromatic carbocycles. The molecule has 8 heteroatoms. The van der Waals surface area contributed by atoms with Gasteiger partial charge >= 0.3 is 0 Å². The number of halogens is 1. The largest absolute Gasteiger partial charge is 0.451 e. The third-order valence-corrected chi connectivity index (χ3v) is 5.22. The van der Waals surface area contributed by atoms with E-state index in [4.69, 9.17) is 4.42 Å². The van der Waals surface area contributed by atoms with Crippen molar-refractivity contribution in [3.05, 3.63) is 76.6 Å². The van der Waals surface area contributed by atoms with Crippen molar-refractivity contribution in [3.8, 4) is 0 Å². The molecule has 0 atom stereocenters. The van der Waals surface area contributed by atoms with Crippen LogP contribution in [0.5, 0.6) is 0 Å². The number of hydrogen-bond acceptors (Lipinski definition) is 5. The third kappa shape index (κ3) is 4.07. The lowest BCUT2D eigenvalue weighted by molar-refractivity contribution is -0.122. The smallest absolute Gasteiger partial charge is 0.293 e. The Hall–Kier alpha value is -3.39. The van der Waals surface area contributed by atoms with E-state index in [2.05, 4.69) is 5.32 Å². The molecule has 4 rings (SSSR count). The first kappa shape index (κ1) is 18.9. The van der Waals surface area contributed by atoms with Crippen LogP contribution in [0.4, 0.5) is 9.18 Å². The molecule has 2 heterocycles. The lowest BCUT2D eigenvalue weighted by atomic mass is 10.2. The van der Waals surface area contributed by atoms with Crippen molar-refractivity contribution >= 4 is 45.9 Å². The van der Waals surface area contributed by atoms with Gasteiger partial charge in [-0.2, -0.15) is 0 Å². The van der Waals surface area contributed by atoms with Crippen LogP contribution in [-0.2, 0) is 4.79 Å². The monoisotopic (exact) mass is 410 g/mol. The van der Waals surface area contributed by atoms with E-state index in [9.17, 15) is 18.8 Å². The zero-order chi connectivity index (χ0) is 20.4. The van der Waals surface area contributed by atoms with Gasteiger partial charge in [-0.1, -0.05) is 30.3 Å². The standard InChI is InChI=1S/C21H15FN2O4S/c22-15-7-5-13(6-8-15)11-18-20(26)24(21(27)29-18)10-9-23-19(25)17-12-14-3-1-2-4-16(14)28-17/h1-8,11-12H,9-10H2,(H,23,25)/b18-11+.